The van der Waals surface area contributed by atoms with Crippen molar-refractivity contribution >= 4 is 0 Å². The molecule has 1 fully saturated rings. The number of benzene rings is 1. The molecule has 1 atom stereocenters. The Balaban J connectivity index is 2.10. The van der Waals surface area contributed by atoms with Crippen molar-refractivity contribution in [2.75, 3.05) is 6.54 Å². The molecule has 17 heavy (non-hydrogen) atoms. The highest BCUT2D eigenvalue weighted by molar-refractivity contribution is 5.38. The molecule has 1 unspecified atom stereocenters. The standard InChI is InChI=1S/C15H21NO/c16-11-10-15(17)13-5-2-1-4-12(13)6-9-14(15)7-3-8-14/h1-2,4-5,17H,3,6-11,16H2. The highest BCUT2D eigenvalue weighted by atomic mass is 16.3. The second kappa shape index (κ2) is 3.82. The fraction of sp³-hybridized carbons (Fsp3) is 0.600. The molecule has 1 spiro atoms. The minimum Gasteiger partial charge on any atom is -0.385 e. The lowest BCUT2D eigenvalue weighted by atomic mass is 9.51. The highest BCUT2D eigenvalue weighted by Gasteiger charge is 2.56. The van der Waals surface area contributed by atoms with Gasteiger partial charge in [0.15, 0.2) is 0 Å². The van der Waals surface area contributed by atoms with Gasteiger partial charge in [0.05, 0.1) is 5.60 Å². The SMILES string of the molecule is NCCC1(O)c2ccccc2CCC12CCC2. The van der Waals surface area contributed by atoms with E-state index in [2.05, 4.69) is 18.2 Å². The molecule has 0 heterocycles. The third kappa shape index (κ3) is 1.40. The van der Waals surface area contributed by atoms with Crippen molar-refractivity contribution in [2.24, 2.45) is 11.1 Å². The minimum absolute atomic E-state index is 0.126. The van der Waals surface area contributed by atoms with E-state index in [0.717, 1.165) is 31.2 Å². The van der Waals surface area contributed by atoms with Crippen LogP contribution in [-0.4, -0.2) is 11.7 Å². The second-order valence-electron chi connectivity index (χ2n) is 5.69. The van der Waals surface area contributed by atoms with Crippen LogP contribution in [0.5, 0.6) is 0 Å². The molecule has 3 rings (SSSR count). The number of fused-ring (bicyclic) bond motifs is 1. The zero-order chi connectivity index (χ0) is 11.9. The van der Waals surface area contributed by atoms with Crippen molar-refractivity contribution in [3.8, 4) is 0 Å². The van der Waals surface area contributed by atoms with Gasteiger partial charge in [-0.3, -0.25) is 0 Å². The molecule has 2 aliphatic rings. The first-order chi connectivity index (χ1) is 8.22. The van der Waals surface area contributed by atoms with Crippen LogP contribution < -0.4 is 5.73 Å². The first kappa shape index (κ1) is 11.2. The third-order valence-electron chi connectivity index (χ3n) is 5.03. The molecule has 1 saturated carbocycles. The Labute approximate surface area is 103 Å². The number of hydrogen-bond donors (Lipinski definition) is 2. The predicted molar refractivity (Wildman–Crippen MR) is 68.6 cm³/mol. The maximum absolute atomic E-state index is 11.2. The molecule has 0 radical (unpaired) electrons. The van der Waals surface area contributed by atoms with Gasteiger partial charge in [-0.2, -0.15) is 0 Å². The van der Waals surface area contributed by atoms with Gasteiger partial charge in [-0.25, -0.2) is 0 Å². The molecular weight excluding hydrogens is 210 g/mol. The summed E-state index contributed by atoms with van der Waals surface area (Å²) in [5, 5.41) is 11.2. The molecule has 0 saturated heterocycles. The van der Waals surface area contributed by atoms with Crippen LogP contribution in [0.1, 0.15) is 43.2 Å². The van der Waals surface area contributed by atoms with Gasteiger partial charge in [-0.15, -0.1) is 0 Å². The minimum atomic E-state index is -0.672. The molecule has 92 valence electrons. The molecule has 1 aromatic carbocycles. The fourth-order valence-corrected chi connectivity index (χ4v) is 3.88. The van der Waals surface area contributed by atoms with Crippen LogP contribution in [0.25, 0.3) is 0 Å². The van der Waals surface area contributed by atoms with Gasteiger partial charge in [0.25, 0.3) is 0 Å². The van der Waals surface area contributed by atoms with E-state index in [1.807, 2.05) is 6.07 Å². The van der Waals surface area contributed by atoms with E-state index in [4.69, 9.17) is 5.73 Å². The average Bonchev–Trinajstić information content (AvgIpc) is 2.28. The van der Waals surface area contributed by atoms with Crippen LogP contribution in [0, 0.1) is 5.41 Å². The zero-order valence-electron chi connectivity index (χ0n) is 10.3. The van der Waals surface area contributed by atoms with Gasteiger partial charge >= 0.3 is 0 Å². The van der Waals surface area contributed by atoms with Gasteiger partial charge in [-0.1, -0.05) is 30.7 Å². The molecule has 0 bridgehead atoms. The van der Waals surface area contributed by atoms with Crippen molar-refractivity contribution in [1.82, 2.24) is 0 Å². The van der Waals surface area contributed by atoms with E-state index in [0.29, 0.717) is 13.0 Å². The van der Waals surface area contributed by atoms with E-state index in [9.17, 15) is 5.11 Å². The summed E-state index contributed by atoms with van der Waals surface area (Å²) in [6.45, 7) is 0.562. The summed E-state index contributed by atoms with van der Waals surface area (Å²) in [4.78, 5) is 0. The lowest BCUT2D eigenvalue weighted by Crippen LogP contribution is -2.54. The number of hydrogen-bond acceptors (Lipinski definition) is 2. The van der Waals surface area contributed by atoms with Gasteiger partial charge in [-0.05, 0) is 49.8 Å². The molecule has 1 aromatic rings. The van der Waals surface area contributed by atoms with Crippen molar-refractivity contribution in [1.29, 1.82) is 0 Å². The summed E-state index contributed by atoms with van der Waals surface area (Å²) in [5.74, 6) is 0. The number of aryl methyl sites for hydroxylation is 1. The Hall–Kier alpha value is -0.860. The summed E-state index contributed by atoms with van der Waals surface area (Å²) >= 11 is 0. The highest BCUT2D eigenvalue weighted by Crippen LogP contribution is 2.60. The van der Waals surface area contributed by atoms with E-state index in [1.165, 1.54) is 12.0 Å². The number of rotatable bonds is 2. The van der Waals surface area contributed by atoms with Gasteiger partial charge in [0, 0.05) is 5.41 Å². The Morgan fingerprint density at radius 1 is 1.18 bits per heavy atom. The van der Waals surface area contributed by atoms with E-state index in [1.54, 1.807) is 0 Å². The van der Waals surface area contributed by atoms with Gasteiger partial charge < -0.3 is 10.8 Å². The van der Waals surface area contributed by atoms with Crippen LogP contribution in [-0.2, 0) is 12.0 Å². The monoisotopic (exact) mass is 231 g/mol. The van der Waals surface area contributed by atoms with Gasteiger partial charge in [0.2, 0.25) is 0 Å². The van der Waals surface area contributed by atoms with E-state index < -0.39 is 5.60 Å². The normalized spacial score (nSPS) is 29.8. The first-order valence-electron chi connectivity index (χ1n) is 6.73. The zero-order valence-corrected chi connectivity index (χ0v) is 10.3. The maximum atomic E-state index is 11.2. The summed E-state index contributed by atoms with van der Waals surface area (Å²) in [7, 11) is 0. The topological polar surface area (TPSA) is 46.2 Å². The van der Waals surface area contributed by atoms with E-state index >= 15 is 0 Å². The lowest BCUT2D eigenvalue weighted by molar-refractivity contribution is -0.150. The van der Waals surface area contributed by atoms with Crippen molar-refractivity contribution < 1.29 is 5.11 Å². The molecule has 0 amide bonds. The second-order valence-corrected chi connectivity index (χ2v) is 5.69. The Kier molecular flexibility index (Phi) is 2.53. The summed E-state index contributed by atoms with van der Waals surface area (Å²) in [6.07, 6.45) is 6.53. The van der Waals surface area contributed by atoms with Crippen LogP contribution in [0.4, 0.5) is 0 Å². The molecular formula is C15H21NO. The van der Waals surface area contributed by atoms with Crippen molar-refractivity contribution in [3.63, 3.8) is 0 Å². The Bertz CT molecular complexity index is 425. The summed E-state index contributed by atoms with van der Waals surface area (Å²) in [5.41, 5.74) is 7.67. The first-order valence-corrected chi connectivity index (χ1v) is 6.73. The number of aliphatic hydroxyl groups is 1. The molecule has 2 aliphatic carbocycles. The number of nitrogens with two attached hydrogens (primary N) is 1. The van der Waals surface area contributed by atoms with Gasteiger partial charge in [0.1, 0.15) is 0 Å². The van der Waals surface area contributed by atoms with Crippen molar-refractivity contribution in [2.45, 2.75) is 44.1 Å². The molecule has 0 aromatic heterocycles. The Morgan fingerprint density at radius 2 is 1.94 bits per heavy atom. The van der Waals surface area contributed by atoms with E-state index in [-0.39, 0.29) is 5.41 Å². The third-order valence-corrected chi connectivity index (χ3v) is 5.03. The lowest BCUT2D eigenvalue weighted by Gasteiger charge is -2.57. The summed E-state index contributed by atoms with van der Waals surface area (Å²) in [6, 6.07) is 8.37. The predicted octanol–water partition coefficient (Wildman–Crippen LogP) is 2.34. The maximum Gasteiger partial charge on any atom is 0.0967 e. The van der Waals surface area contributed by atoms with Crippen molar-refractivity contribution in [3.05, 3.63) is 35.4 Å². The fourth-order valence-electron chi connectivity index (χ4n) is 3.88. The quantitative estimate of drug-likeness (QED) is 0.820. The van der Waals surface area contributed by atoms with Crippen LogP contribution in [0.2, 0.25) is 0 Å². The largest absolute Gasteiger partial charge is 0.385 e. The van der Waals surface area contributed by atoms with Crippen LogP contribution >= 0.6 is 0 Å². The smallest absolute Gasteiger partial charge is 0.0967 e. The average molecular weight is 231 g/mol. The molecule has 0 aliphatic heterocycles. The molecule has 2 nitrogen and oxygen atoms in total. The Morgan fingerprint density at radius 3 is 2.59 bits per heavy atom. The summed E-state index contributed by atoms with van der Waals surface area (Å²) < 4.78 is 0. The van der Waals surface area contributed by atoms with Crippen LogP contribution in [0.15, 0.2) is 24.3 Å². The molecule has 3 N–H and O–H groups in total. The molecule has 2 heteroatoms. The van der Waals surface area contributed by atoms with Crippen LogP contribution in [0.3, 0.4) is 0 Å².